The smallest absolute Gasteiger partial charge is 0.257 e. The number of hydrogen-bond acceptors (Lipinski definition) is 4. The van der Waals surface area contributed by atoms with E-state index in [1.54, 1.807) is 0 Å². The first-order valence-electron chi connectivity index (χ1n) is 8.15. The van der Waals surface area contributed by atoms with Crippen molar-refractivity contribution in [3.63, 3.8) is 0 Å². The molecular weight excluding hydrogens is 376 g/mol. The van der Waals surface area contributed by atoms with Gasteiger partial charge in [-0.3, -0.25) is 4.79 Å². The summed E-state index contributed by atoms with van der Waals surface area (Å²) in [7, 11) is -3.71. The molecule has 2 aromatic rings. The van der Waals surface area contributed by atoms with Crippen molar-refractivity contribution in [1.29, 1.82) is 0 Å². The number of sulfonamides is 1. The molecule has 0 saturated heterocycles. The lowest BCUT2D eigenvalue weighted by molar-refractivity contribution is -0.123. The van der Waals surface area contributed by atoms with E-state index in [2.05, 4.69) is 10.0 Å². The fourth-order valence-electron chi connectivity index (χ4n) is 2.08. The summed E-state index contributed by atoms with van der Waals surface area (Å²) in [5.41, 5.74) is 0.847. The standard InChI is InChI=1S/C18H21ClN2O4S/c1-2-10-20-18(22)13-25-17-9-8-15(11-16(17)19)26(23,24)21-12-14-6-4-3-5-7-14/h3-9,11,21H,2,10,12-13H2,1H3,(H,20,22). The summed E-state index contributed by atoms with van der Waals surface area (Å²) in [5.74, 6) is -0.00975. The van der Waals surface area contributed by atoms with Crippen LogP contribution in [-0.4, -0.2) is 27.5 Å². The number of ether oxygens (including phenoxy) is 1. The molecule has 0 atom stereocenters. The van der Waals surface area contributed by atoms with E-state index < -0.39 is 10.0 Å². The number of benzene rings is 2. The van der Waals surface area contributed by atoms with E-state index in [1.807, 2.05) is 37.3 Å². The van der Waals surface area contributed by atoms with Crippen molar-refractivity contribution in [2.24, 2.45) is 0 Å². The second kappa shape index (κ2) is 9.56. The van der Waals surface area contributed by atoms with Crippen LogP contribution in [0.4, 0.5) is 0 Å². The summed E-state index contributed by atoms with van der Waals surface area (Å²) < 4.78 is 32.6. The van der Waals surface area contributed by atoms with Gasteiger partial charge in [-0.1, -0.05) is 48.9 Å². The first-order chi connectivity index (χ1) is 12.4. The number of nitrogens with one attached hydrogen (secondary N) is 2. The molecule has 2 N–H and O–H groups in total. The zero-order valence-electron chi connectivity index (χ0n) is 14.4. The Morgan fingerprint density at radius 2 is 1.88 bits per heavy atom. The Bertz CT molecular complexity index is 842. The first-order valence-corrected chi connectivity index (χ1v) is 10.0. The normalized spacial score (nSPS) is 11.2. The number of hydrogen-bond donors (Lipinski definition) is 2. The van der Waals surface area contributed by atoms with Crippen molar-refractivity contribution in [2.75, 3.05) is 13.2 Å². The minimum atomic E-state index is -3.71. The third-order valence-corrected chi connectivity index (χ3v) is 5.15. The van der Waals surface area contributed by atoms with Gasteiger partial charge in [0.2, 0.25) is 10.0 Å². The van der Waals surface area contributed by atoms with Gasteiger partial charge in [0.05, 0.1) is 9.92 Å². The van der Waals surface area contributed by atoms with Gasteiger partial charge >= 0.3 is 0 Å². The quantitative estimate of drug-likeness (QED) is 0.682. The third kappa shape index (κ3) is 6.01. The Morgan fingerprint density at radius 3 is 2.54 bits per heavy atom. The Hall–Kier alpha value is -2.09. The second-order valence-corrected chi connectivity index (χ2v) is 7.72. The summed E-state index contributed by atoms with van der Waals surface area (Å²) in [6.45, 7) is 2.51. The Labute approximate surface area is 158 Å². The molecular formula is C18H21ClN2O4S. The van der Waals surface area contributed by atoms with E-state index in [4.69, 9.17) is 16.3 Å². The monoisotopic (exact) mass is 396 g/mol. The van der Waals surface area contributed by atoms with E-state index in [-0.39, 0.29) is 34.7 Å². The molecule has 0 aliphatic carbocycles. The molecule has 6 nitrogen and oxygen atoms in total. The van der Waals surface area contributed by atoms with Gasteiger partial charge in [0.1, 0.15) is 5.75 Å². The van der Waals surface area contributed by atoms with E-state index in [9.17, 15) is 13.2 Å². The highest BCUT2D eigenvalue weighted by molar-refractivity contribution is 7.89. The predicted octanol–water partition coefficient (Wildman–Crippen LogP) is 2.72. The number of carbonyl (C=O) groups excluding carboxylic acids is 1. The van der Waals surface area contributed by atoms with E-state index in [1.165, 1.54) is 18.2 Å². The molecule has 1 amide bonds. The van der Waals surface area contributed by atoms with Crippen molar-refractivity contribution in [3.05, 3.63) is 59.1 Å². The number of halogens is 1. The lowest BCUT2D eigenvalue weighted by Gasteiger charge is -2.11. The summed E-state index contributed by atoms with van der Waals surface area (Å²) in [5, 5.41) is 2.80. The third-order valence-electron chi connectivity index (χ3n) is 3.45. The average molecular weight is 397 g/mol. The van der Waals surface area contributed by atoms with Crippen LogP contribution in [0.5, 0.6) is 5.75 Å². The number of rotatable bonds is 9. The minimum absolute atomic E-state index is 0.0289. The summed E-state index contributed by atoms with van der Waals surface area (Å²) in [6.07, 6.45) is 0.828. The fraction of sp³-hybridized carbons (Fsp3) is 0.278. The van der Waals surface area contributed by atoms with Crippen LogP contribution in [-0.2, 0) is 21.4 Å². The van der Waals surface area contributed by atoms with Crippen LogP contribution in [0.25, 0.3) is 0 Å². The van der Waals surface area contributed by atoms with Crippen LogP contribution in [0, 0.1) is 0 Å². The van der Waals surface area contributed by atoms with Crippen LogP contribution < -0.4 is 14.8 Å². The van der Waals surface area contributed by atoms with Gasteiger partial charge in [-0.2, -0.15) is 0 Å². The maximum absolute atomic E-state index is 12.4. The largest absolute Gasteiger partial charge is 0.482 e. The van der Waals surface area contributed by atoms with Gasteiger partial charge in [0.15, 0.2) is 6.61 Å². The molecule has 26 heavy (non-hydrogen) atoms. The van der Waals surface area contributed by atoms with Crippen LogP contribution in [0.1, 0.15) is 18.9 Å². The molecule has 0 aliphatic rings. The molecule has 0 spiro atoms. The molecule has 0 saturated carbocycles. The molecule has 0 aromatic heterocycles. The lowest BCUT2D eigenvalue weighted by atomic mass is 10.2. The maximum Gasteiger partial charge on any atom is 0.257 e. The zero-order chi connectivity index (χ0) is 19.0. The van der Waals surface area contributed by atoms with Crippen molar-refractivity contribution >= 4 is 27.5 Å². The van der Waals surface area contributed by atoms with Crippen LogP contribution in [0.15, 0.2) is 53.4 Å². The van der Waals surface area contributed by atoms with Crippen molar-refractivity contribution in [1.82, 2.24) is 10.0 Å². The van der Waals surface area contributed by atoms with Crippen molar-refractivity contribution < 1.29 is 17.9 Å². The Balaban J connectivity index is 1.99. The van der Waals surface area contributed by atoms with Gasteiger partial charge in [-0.05, 0) is 30.2 Å². The maximum atomic E-state index is 12.4. The minimum Gasteiger partial charge on any atom is -0.482 e. The highest BCUT2D eigenvalue weighted by Gasteiger charge is 2.16. The first kappa shape index (κ1) is 20.2. The highest BCUT2D eigenvalue weighted by atomic mass is 35.5. The second-order valence-electron chi connectivity index (χ2n) is 5.54. The predicted molar refractivity (Wildman–Crippen MR) is 101 cm³/mol. The molecule has 140 valence electrons. The van der Waals surface area contributed by atoms with E-state index in [0.717, 1.165) is 12.0 Å². The summed E-state index contributed by atoms with van der Waals surface area (Å²) in [4.78, 5) is 11.6. The van der Waals surface area contributed by atoms with Gasteiger partial charge < -0.3 is 10.1 Å². The van der Waals surface area contributed by atoms with Crippen molar-refractivity contribution in [2.45, 2.75) is 24.8 Å². The zero-order valence-corrected chi connectivity index (χ0v) is 15.9. The number of carbonyl (C=O) groups is 1. The molecule has 0 bridgehead atoms. The topological polar surface area (TPSA) is 84.5 Å². The molecule has 2 rings (SSSR count). The van der Waals surface area contributed by atoms with Gasteiger partial charge in [0, 0.05) is 13.1 Å². The van der Waals surface area contributed by atoms with Gasteiger partial charge in [-0.15, -0.1) is 0 Å². The molecule has 2 aromatic carbocycles. The van der Waals surface area contributed by atoms with E-state index in [0.29, 0.717) is 6.54 Å². The molecule has 0 aliphatic heterocycles. The fourth-order valence-corrected chi connectivity index (χ4v) is 3.43. The van der Waals surface area contributed by atoms with Crippen molar-refractivity contribution in [3.8, 4) is 5.75 Å². The SMILES string of the molecule is CCCNC(=O)COc1ccc(S(=O)(=O)NCc2ccccc2)cc1Cl. The van der Waals surface area contributed by atoms with Crippen LogP contribution in [0.3, 0.4) is 0 Å². The van der Waals surface area contributed by atoms with Gasteiger partial charge in [-0.25, -0.2) is 13.1 Å². The molecule has 0 radical (unpaired) electrons. The lowest BCUT2D eigenvalue weighted by Crippen LogP contribution is -2.29. The summed E-state index contributed by atoms with van der Waals surface area (Å²) in [6, 6.07) is 13.3. The Kier molecular flexibility index (Phi) is 7.44. The van der Waals surface area contributed by atoms with Crippen LogP contribution in [0.2, 0.25) is 5.02 Å². The molecule has 0 unspecified atom stereocenters. The Morgan fingerprint density at radius 1 is 1.15 bits per heavy atom. The highest BCUT2D eigenvalue weighted by Crippen LogP contribution is 2.27. The molecule has 0 heterocycles. The number of amides is 1. The average Bonchev–Trinajstić information content (AvgIpc) is 2.64. The van der Waals surface area contributed by atoms with Gasteiger partial charge in [0.25, 0.3) is 5.91 Å². The summed E-state index contributed by atoms with van der Waals surface area (Å²) >= 11 is 6.09. The van der Waals surface area contributed by atoms with E-state index >= 15 is 0 Å². The molecule has 8 heteroatoms. The van der Waals surface area contributed by atoms with Crippen LogP contribution >= 0.6 is 11.6 Å². The molecule has 0 fully saturated rings.